The number of hydrogen-bond donors (Lipinski definition) is 1. The van der Waals surface area contributed by atoms with Crippen LogP contribution in [0.15, 0.2) is 0 Å². The molecular weight excluding hydrogens is 212 g/mol. The lowest BCUT2D eigenvalue weighted by Crippen LogP contribution is -2.19. The molecule has 1 heterocycles. The molecule has 0 saturated heterocycles. The minimum atomic E-state index is 0.656. The Hall–Kier alpha value is -0.720. The maximum Gasteiger partial charge on any atom is 0.294 e. The molecular formula is C9H18N4OS. The van der Waals surface area contributed by atoms with Gasteiger partial charge in [-0.05, 0) is 20.6 Å². The first-order chi connectivity index (χ1) is 7.22. The summed E-state index contributed by atoms with van der Waals surface area (Å²) in [6.07, 6.45) is 0. The normalized spacial score (nSPS) is 10.9. The number of ether oxygens (including phenoxy) is 1. The van der Waals surface area contributed by atoms with Crippen LogP contribution in [0.1, 0.15) is 11.9 Å². The van der Waals surface area contributed by atoms with Crippen LogP contribution in [0.2, 0.25) is 0 Å². The Morgan fingerprint density at radius 3 is 2.87 bits per heavy atom. The van der Waals surface area contributed by atoms with E-state index in [2.05, 4.69) is 27.3 Å². The summed E-state index contributed by atoms with van der Waals surface area (Å²) in [5, 5.41) is 12.8. The number of aromatic nitrogens is 2. The first kappa shape index (κ1) is 12.4. The highest BCUT2D eigenvalue weighted by Gasteiger charge is 2.04. The maximum atomic E-state index is 5.45. The van der Waals surface area contributed by atoms with E-state index < -0.39 is 0 Å². The van der Waals surface area contributed by atoms with Gasteiger partial charge < -0.3 is 15.0 Å². The number of rotatable bonds is 7. The Morgan fingerprint density at radius 1 is 1.40 bits per heavy atom. The summed E-state index contributed by atoms with van der Waals surface area (Å²) in [7, 11) is 4.03. The van der Waals surface area contributed by atoms with Crippen molar-refractivity contribution in [3.8, 4) is 5.19 Å². The lowest BCUT2D eigenvalue weighted by atomic mass is 10.6. The number of nitrogens with one attached hydrogen (secondary N) is 1. The van der Waals surface area contributed by atoms with Crippen LogP contribution in [0.5, 0.6) is 5.19 Å². The molecule has 1 N–H and O–H groups in total. The number of hydrogen-bond acceptors (Lipinski definition) is 6. The predicted molar refractivity (Wildman–Crippen MR) is 61.3 cm³/mol. The molecule has 0 amide bonds. The van der Waals surface area contributed by atoms with Crippen molar-refractivity contribution in [2.24, 2.45) is 0 Å². The van der Waals surface area contributed by atoms with Crippen LogP contribution in [-0.4, -0.2) is 48.9 Å². The molecule has 0 aliphatic heterocycles. The van der Waals surface area contributed by atoms with Crippen LogP contribution >= 0.6 is 11.3 Å². The molecule has 6 heteroatoms. The van der Waals surface area contributed by atoms with Crippen LogP contribution < -0.4 is 10.1 Å². The molecule has 5 nitrogen and oxygen atoms in total. The molecule has 0 unspecified atom stereocenters. The topological polar surface area (TPSA) is 50.3 Å². The van der Waals surface area contributed by atoms with Gasteiger partial charge in [0.2, 0.25) is 0 Å². The van der Waals surface area contributed by atoms with Gasteiger partial charge >= 0.3 is 0 Å². The van der Waals surface area contributed by atoms with Gasteiger partial charge in [0.15, 0.2) is 0 Å². The van der Waals surface area contributed by atoms with Gasteiger partial charge in [-0.3, -0.25) is 0 Å². The molecule has 0 fully saturated rings. The van der Waals surface area contributed by atoms with Gasteiger partial charge in [0.25, 0.3) is 5.19 Å². The van der Waals surface area contributed by atoms with Crippen molar-refractivity contribution in [1.29, 1.82) is 0 Å². The lowest BCUT2D eigenvalue weighted by molar-refractivity contribution is 0.259. The molecule has 15 heavy (non-hydrogen) atoms. The summed E-state index contributed by atoms with van der Waals surface area (Å²) < 4.78 is 5.45. The number of likely N-dealkylation sites (N-methyl/N-ethyl adjacent to an activating group) is 1. The summed E-state index contributed by atoms with van der Waals surface area (Å²) in [5.74, 6) is 0. The van der Waals surface area contributed by atoms with Gasteiger partial charge in [-0.1, -0.05) is 18.3 Å². The average molecular weight is 230 g/mol. The van der Waals surface area contributed by atoms with Crippen molar-refractivity contribution in [1.82, 2.24) is 20.4 Å². The third-order valence-corrected chi connectivity index (χ3v) is 2.57. The summed E-state index contributed by atoms with van der Waals surface area (Å²) in [6.45, 7) is 5.32. The molecule has 0 aliphatic carbocycles. The molecule has 0 aliphatic rings. The fraction of sp³-hybridized carbons (Fsp3) is 0.778. The van der Waals surface area contributed by atoms with Crippen LogP contribution in [0.3, 0.4) is 0 Å². The van der Waals surface area contributed by atoms with E-state index in [1.807, 2.05) is 14.1 Å². The van der Waals surface area contributed by atoms with Crippen molar-refractivity contribution in [3.63, 3.8) is 0 Å². The smallest absolute Gasteiger partial charge is 0.294 e. The largest absolute Gasteiger partial charge is 0.468 e. The lowest BCUT2D eigenvalue weighted by Gasteiger charge is -2.08. The van der Waals surface area contributed by atoms with E-state index in [4.69, 9.17) is 4.74 Å². The average Bonchev–Trinajstić information content (AvgIpc) is 2.62. The van der Waals surface area contributed by atoms with E-state index >= 15 is 0 Å². The van der Waals surface area contributed by atoms with E-state index in [0.717, 1.165) is 24.6 Å². The van der Waals surface area contributed by atoms with Crippen molar-refractivity contribution >= 4 is 11.3 Å². The van der Waals surface area contributed by atoms with Gasteiger partial charge in [0, 0.05) is 13.1 Å². The number of nitrogens with zero attached hydrogens (tertiary/aromatic N) is 3. The molecule has 0 radical (unpaired) electrons. The van der Waals surface area contributed by atoms with Crippen molar-refractivity contribution < 1.29 is 4.74 Å². The summed E-state index contributed by atoms with van der Waals surface area (Å²) in [5.41, 5.74) is 0. The van der Waals surface area contributed by atoms with Gasteiger partial charge in [0.05, 0.1) is 0 Å². The van der Waals surface area contributed by atoms with Crippen molar-refractivity contribution in [2.75, 3.05) is 33.8 Å². The van der Waals surface area contributed by atoms with Gasteiger partial charge in [0.1, 0.15) is 11.6 Å². The van der Waals surface area contributed by atoms with E-state index in [1.165, 1.54) is 11.3 Å². The minimum absolute atomic E-state index is 0.656. The highest BCUT2D eigenvalue weighted by Crippen LogP contribution is 2.17. The van der Waals surface area contributed by atoms with Crippen LogP contribution in [0.25, 0.3) is 0 Å². The maximum absolute atomic E-state index is 5.45. The van der Waals surface area contributed by atoms with Gasteiger partial charge in [-0.15, -0.1) is 10.2 Å². The van der Waals surface area contributed by atoms with E-state index in [-0.39, 0.29) is 0 Å². The van der Waals surface area contributed by atoms with Crippen LogP contribution in [-0.2, 0) is 6.54 Å². The molecule has 0 spiro atoms. The zero-order chi connectivity index (χ0) is 11.1. The summed E-state index contributed by atoms with van der Waals surface area (Å²) in [4.78, 5) is 2.07. The Labute approximate surface area is 94.5 Å². The molecule has 0 saturated carbocycles. The standard InChI is InChI=1S/C9H18N4OS/c1-4-10-7-8-11-12-9(15-8)14-6-5-13(2)3/h10H,4-7H2,1-3H3. The van der Waals surface area contributed by atoms with E-state index in [0.29, 0.717) is 11.8 Å². The zero-order valence-corrected chi connectivity index (χ0v) is 10.3. The fourth-order valence-electron chi connectivity index (χ4n) is 0.915. The van der Waals surface area contributed by atoms with Gasteiger partial charge in [-0.25, -0.2) is 0 Å². The molecule has 1 rings (SSSR count). The second kappa shape index (κ2) is 6.71. The second-order valence-electron chi connectivity index (χ2n) is 3.39. The monoisotopic (exact) mass is 230 g/mol. The van der Waals surface area contributed by atoms with Crippen molar-refractivity contribution in [3.05, 3.63) is 5.01 Å². The quantitative estimate of drug-likeness (QED) is 0.743. The van der Waals surface area contributed by atoms with Crippen LogP contribution in [0.4, 0.5) is 0 Å². The zero-order valence-electron chi connectivity index (χ0n) is 9.49. The van der Waals surface area contributed by atoms with Crippen LogP contribution in [0, 0.1) is 0 Å². The first-order valence-corrected chi connectivity index (χ1v) is 5.84. The molecule has 0 atom stereocenters. The summed E-state index contributed by atoms with van der Waals surface area (Å²) in [6, 6.07) is 0. The Bertz CT molecular complexity index is 277. The Balaban J connectivity index is 2.26. The highest BCUT2D eigenvalue weighted by molar-refractivity contribution is 7.13. The first-order valence-electron chi connectivity index (χ1n) is 5.03. The SMILES string of the molecule is CCNCc1nnc(OCCN(C)C)s1. The Morgan fingerprint density at radius 2 is 2.20 bits per heavy atom. The molecule has 0 bridgehead atoms. The summed E-state index contributed by atoms with van der Waals surface area (Å²) >= 11 is 1.50. The minimum Gasteiger partial charge on any atom is -0.468 e. The predicted octanol–water partition coefficient (Wildman–Crippen LogP) is 0.588. The highest BCUT2D eigenvalue weighted by atomic mass is 32.1. The van der Waals surface area contributed by atoms with Crippen molar-refractivity contribution in [2.45, 2.75) is 13.5 Å². The van der Waals surface area contributed by atoms with E-state index in [9.17, 15) is 0 Å². The third kappa shape index (κ3) is 5.06. The van der Waals surface area contributed by atoms with E-state index in [1.54, 1.807) is 0 Å². The van der Waals surface area contributed by atoms with Gasteiger partial charge in [-0.2, -0.15) is 0 Å². The molecule has 0 aromatic carbocycles. The molecule has 86 valence electrons. The third-order valence-electron chi connectivity index (χ3n) is 1.74. The Kier molecular flexibility index (Phi) is 5.52. The fourth-order valence-corrected chi connectivity index (χ4v) is 1.60. The second-order valence-corrected chi connectivity index (χ2v) is 4.42. The molecule has 1 aromatic rings. The molecule has 1 aromatic heterocycles.